The Bertz CT molecular complexity index is 270. The van der Waals surface area contributed by atoms with Gasteiger partial charge in [-0.2, -0.15) is 5.10 Å². The van der Waals surface area contributed by atoms with E-state index in [4.69, 9.17) is 6.42 Å². The number of aromatic nitrogens is 2. The lowest BCUT2D eigenvalue weighted by Crippen LogP contribution is -2.22. The summed E-state index contributed by atoms with van der Waals surface area (Å²) in [6.07, 6.45) is 7.88. The average molecular weight is 149 g/mol. The van der Waals surface area contributed by atoms with Crippen LogP contribution in [0.3, 0.4) is 0 Å². The van der Waals surface area contributed by atoms with Gasteiger partial charge in [-0.25, -0.2) is 0 Å². The molecule has 0 saturated carbocycles. The first-order chi connectivity index (χ1) is 5.34. The Morgan fingerprint density at radius 3 is 3.27 bits per heavy atom. The number of aromatic amines is 1. The molecule has 2 N–H and O–H groups in total. The van der Waals surface area contributed by atoms with Crippen molar-refractivity contribution >= 4 is 5.91 Å². The molecule has 1 aromatic heterocycles. The number of nitrogens with one attached hydrogen (secondary N) is 2. The van der Waals surface area contributed by atoms with E-state index in [9.17, 15) is 4.79 Å². The van der Waals surface area contributed by atoms with Gasteiger partial charge in [0.1, 0.15) is 0 Å². The normalized spacial score (nSPS) is 8.64. The van der Waals surface area contributed by atoms with Gasteiger partial charge in [-0.3, -0.25) is 9.89 Å². The molecule has 0 spiro atoms. The first-order valence-electron chi connectivity index (χ1n) is 3.05. The summed E-state index contributed by atoms with van der Waals surface area (Å²) in [5, 5.41) is 8.64. The molecule has 4 heteroatoms. The number of rotatable bonds is 2. The summed E-state index contributed by atoms with van der Waals surface area (Å²) < 4.78 is 0. The molecule has 11 heavy (non-hydrogen) atoms. The fraction of sp³-hybridized carbons (Fsp3) is 0.143. The van der Waals surface area contributed by atoms with E-state index in [0.717, 1.165) is 0 Å². The number of amides is 1. The summed E-state index contributed by atoms with van der Waals surface area (Å²) in [4.78, 5) is 11.0. The number of H-pyrrole nitrogens is 1. The third kappa shape index (κ3) is 1.83. The van der Waals surface area contributed by atoms with Crippen molar-refractivity contribution in [3.05, 3.63) is 18.0 Å². The number of carbonyl (C=O) groups is 1. The maximum absolute atomic E-state index is 11.0. The lowest BCUT2D eigenvalue weighted by Gasteiger charge is -1.95. The molecule has 1 aromatic rings. The number of hydrogen-bond acceptors (Lipinski definition) is 2. The monoisotopic (exact) mass is 149 g/mol. The van der Waals surface area contributed by atoms with E-state index >= 15 is 0 Å². The van der Waals surface area contributed by atoms with Crippen molar-refractivity contribution in [3.8, 4) is 12.3 Å². The van der Waals surface area contributed by atoms with Crippen molar-refractivity contribution < 1.29 is 4.79 Å². The highest BCUT2D eigenvalue weighted by Crippen LogP contribution is 1.91. The minimum atomic E-state index is -0.211. The van der Waals surface area contributed by atoms with E-state index in [-0.39, 0.29) is 12.5 Å². The molecule has 56 valence electrons. The van der Waals surface area contributed by atoms with E-state index in [1.165, 1.54) is 12.4 Å². The van der Waals surface area contributed by atoms with Crippen molar-refractivity contribution in [3.63, 3.8) is 0 Å². The maximum Gasteiger partial charge on any atom is 0.255 e. The number of terminal acetylenes is 1. The molecule has 0 aliphatic rings. The fourth-order valence-corrected chi connectivity index (χ4v) is 0.608. The molecule has 0 aromatic carbocycles. The first-order valence-corrected chi connectivity index (χ1v) is 3.05. The van der Waals surface area contributed by atoms with Gasteiger partial charge in [0.15, 0.2) is 0 Å². The summed E-state index contributed by atoms with van der Waals surface area (Å²) >= 11 is 0. The molecule has 0 unspecified atom stereocenters. The molecule has 1 rings (SSSR count). The zero-order valence-electron chi connectivity index (χ0n) is 5.79. The molecule has 1 heterocycles. The van der Waals surface area contributed by atoms with Gasteiger partial charge in [0.05, 0.1) is 18.3 Å². The van der Waals surface area contributed by atoms with Crippen molar-refractivity contribution in [2.24, 2.45) is 0 Å². The standard InChI is InChI=1S/C7H7N3O/c1-2-3-8-7(11)6-4-9-10-5-6/h1,4-5H,3H2,(H,8,11)(H,9,10). The predicted molar refractivity (Wildman–Crippen MR) is 39.8 cm³/mol. The van der Waals surface area contributed by atoms with Crippen LogP contribution in [0.15, 0.2) is 12.4 Å². The zero-order valence-corrected chi connectivity index (χ0v) is 5.79. The zero-order chi connectivity index (χ0) is 8.10. The molecular formula is C7H7N3O. The Balaban J connectivity index is 2.51. The van der Waals surface area contributed by atoms with E-state index < -0.39 is 0 Å². The van der Waals surface area contributed by atoms with Crippen molar-refractivity contribution in [2.45, 2.75) is 0 Å². The van der Waals surface area contributed by atoms with E-state index in [1.807, 2.05) is 0 Å². The topological polar surface area (TPSA) is 57.8 Å². The maximum atomic E-state index is 11.0. The van der Waals surface area contributed by atoms with Crippen molar-refractivity contribution in [1.29, 1.82) is 0 Å². The molecule has 0 aliphatic carbocycles. The fourth-order valence-electron chi connectivity index (χ4n) is 0.608. The van der Waals surface area contributed by atoms with Crippen LogP contribution in [0.2, 0.25) is 0 Å². The highest BCUT2D eigenvalue weighted by molar-refractivity contribution is 5.93. The molecule has 0 saturated heterocycles. The number of carbonyl (C=O) groups excluding carboxylic acids is 1. The molecule has 0 atom stereocenters. The summed E-state index contributed by atoms with van der Waals surface area (Å²) in [5.74, 6) is 2.09. The highest BCUT2D eigenvalue weighted by atomic mass is 16.1. The predicted octanol–water partition coefficient (Wildman–Crippen LogP) is -0.227. The summed E-state index contributed by atoms with van der Waals surface area (Å²) in [6, 6.07) is 0. The molecule has 0 aliphatic heterocycles. The molecule has 1 amide bonds. The Hall–Kier alpha value is -1.76. The quantitative estimate of drug-likeness (QED) is 0.571. The van der Waals surface area contributed by atoms with Crippen LogP contribution in [0.5, 0.6) is 0 Å². The summed E-state index contributed by atoms with van der Waals surface area (Å²) in [6.45, 7) is 0.240. The van der Waals surface area contributed by atoms with Gasteiger partial charge in [-0.1, -0.05) is 5.92 Å². The average Bonchev–Trinajstić information content (AvgIpc) is 2.52. The van der Waals surface area contributed by atoms with Gasteiger partial charge in [-0.05, 0) is 0 Å². The molecule has 0 fully saturated rings. The second kappa shape index (κ2) is 3.42. The van der Waals surface area contributed by atoms with E-state index in [1.54, 1.807) is 0 Å². The Labute approximate surface area is 64.0 Å². The van der Waals surface area contributed by atoms with Gasteiger partial charge in [0.2, 0.25) is 0 Å². The second-order valence-electron chi connectivity index (χ2n) is 1.87. The van der Waals surface area contributed by atoms with Gasteiger partial charge in [0.25, 0.3) is 5.91 Å². The van der Waals surface area contributed by atoms with Gasteiger partial charge >= 0.3 is 0 Å². The molecule has 0 radical (unpaired) electrons. The van der Waals surface area contributed by atoms with Crippen LogP contribution in [0, 0.1) is 12.3 Å². The number of hydrogen-bond donors (Lipinski definition) is 2. The van der Waals surface area contributed by atoms with E-state index in [0.29, 0.717) is 5.56 Å². The minimum absolute atomic E-state index is 0.211. The van der Waals surface area contributed by atoms with Crippen LogP contribution in [-0.4, -0.2) is 22.6 Å². The Morgan fingerprint density at radius 2 is 2.73 bits per heavy atom. The van der Waals surface area contributed by atoms with Crippen molar-refractivity contribution in [1.82, 2.24) is 15.5 Å². The largest absolute Gasteiger partial charge is 0.341 e. The van der Waals surface area contributed by atoms with Crippen LogP contribution >= 0.6 is 0 Å². The first kappa shape index (κ1) is 7.35. The lowest BCUT2D eigenvalue weighted by atomic mass is 10.3. The highest BCUT2D eigenvalue weighted by Gasteiger charge is 2.02. The summed E-state index contributed by atoms with van der Waals surface area (Å²) in [5.41, 5.74) is 0.486. The second-order valence-corrected chi connectivity index (χ2v) is 1.87. The van der Waals surface area contributed by atoms with Gasteiger partial charge in [-0.15, -0.1) is 6.42 Å². The number of nitrogens with zero attached hydrogens (tertiary/aromatic N) is 1. The minimum Gasteiger partial charge on any atom is -0.341 e. The van der Waals surface area contributed by atoms with Crippen LogP contribution in [-0.2, 0) is 0 Å². The van der Waals surface area contributed by atoms with Crippen LogP contribution in [0.25, 0.3) is 0 Å². The van der Waals surface area contributed by atoms with E-state index in [2.05, 4.69) is 21.4 Å². The SMILES string of the molecule is C#CCNC(=O)c1cn[nH]c1. The van der Waals surface area contributed by atoms with Crippen LogP contribution in [0.1, 0.15) is 10.4 Å². The van der Waals surface area contributed by atoms with Crippen LogP contribution in [0.4, 0.5) is 0 Å². The van der Waals surface area contributed by atoms with Crippen molar-refractivity contribution in [2.75, 3.05) is 6.54 Å². The molecular weight excluding hydrogens is 142 g/mol. The third-order valence-corrected chi connectivity index (χ3v) is 1.11. The van der Waals surface area contributed by atoms with Gasteiger partial charge < -0.3 is 5.32 Å². The Morgan fingerprint density at radius 1 is 1.91 bits per heavy atom. The smallest absolute Gasteiger partial charge is 0.255 e. The summed E-state index contributed by atoms with van der Waals surface area (Å²) in [7, 11) is 0. The third-order valence-electron chi connectivity index (χ3n) is 1.11. The van der Waals surface area contributed by atoms with Crippen LogP contribution < -0.4 is 5.32 Å². The molecule has 4 nitrogen and oxygen atoms in total. The Kier molecular flexibility index (Phi) is 2.28. The molecule has 0 bridgehead atoms. The lowest BCUT2D eigenvalue weighted by molar-refractivity contribution is 0.0959. The van der Waals surface area contributed by atoms with Gasteiger partial charge in [0, 0.05) is 6.20 Å².